The first-order valence-corrected chi connectivity index (χ1v) is 6.48. The van der Waals surface area contributed by atoms with Crippen molar-refractivity contribution in [3.63, 3.8) is 0 Å². The number of benzene rings is 1. The van der Waals surface area contributed by atoms with Gasteiger partial charge in [0.25, 0.3) is 0 Å². The van der Waals surface area contributed by atoms with Gasteiger partial charge in [0.1, 0.15) is 12.1 Å². The first-order valence-electron chi connectivity index (χ1n) is 6.48. The van der Waals surface area contributed by atoms with Crippen molar-refractivity contribution >= 4 is 17.4 Å². The number of rotatable bonds is 2. The smallest absolute Gasteiger partial charge is 0.234 e. The third-order valence-electron chi connectivity index (χ3n) is 3.73. The molecular weight excluding hydrogens is 252 g/mol. The molecule has 0 atom stereocenters. The quantitative estimate of drug-likeness (QED) is 0.877. The van der Waals surface area contributed by atoms with Gasteiger partial charge >= 0.3 is 0 Å². The van der Waals surface area contributed by atoms with Gasteiger partial charge in [-0.15, -0.1) is 0 Å². The van der Waals surface area contributed by atoms with E-state index in [1.807, 2.05) is 45.2 Å². The van der Waals surface area contributed by atoms with E-state index in [0.29, 0.717) is 0 Å². The van der Waals surface area contributed by atoms with Gasteiger partial charge in [-0.2, -0.15) is 0 Å². The Bertz CT molecular complexity index is 694. The molecule has 1 aliphatic rings. The zero-order valence-corrected chi connectivity index (χ0v) is 11.7. The second-order valence-corrected chi connectivity index (χ2v) is 5.38. The molecule has 2 N–H and O–H groups in total. The Balaban J connectivity index is 2.10. The molecule has 0 spiro atoms. The number of fused-ring (bicyclic) bond motifs is 1. The molecule has 0 fully saturated rings. The number of carbonyl (C=O) groups is 1. The van der Waals surface area contributed by atoms with Gasteiger partial charge in [0.15, 0.2) is 0 Å². The molecule has 0 bridgehead atoms. The lowest BCUT2D eigenvalue weighted by atomic mass is 9.85. The average molecular weight is 268 g/mol. The number of nitrogens with zero attached hydrogens (tertiary/aromatic N) is 2. The van der Waals surface area contributed by atoms with Crippen LogP contribution in [0.1, 0.15) is 19.4 Å². The Labute approximate surface area is 117 Å². The fourth-order valence-electron chi connectivity index (χ4n) is 2.38. The highest BCUT2D eigenvalue weighted by Crippen LogP contribution is 2.39. The van der Waals surface area contributed by atoms with E-state index in [9.17, 15) is 4.79 Å². The molecule has 102 valence electrons. The van der Waals surface area contributed by atoms with E-state index < -0.39 is 5.41 Å². The molecule has 3 rings (SSSR count). The van der Waals surface area contributed by atoms with Gasteiger partial charge in [-0.25, -0.2) is 9.97 Å². The van der Waals surface area contributed by atoms with Crippen molar-refractivity contribution in [2.75, 3.05) is 17.7 Å². The molecule has 20 heavy (non-hydrogen) atoms. The lowest BCUT2D eigenvalue weighted by molar-refractivity contribution is -0.119. The molecule has 5 heteroatoms. The maximum atomic E-state index is 12.0. The van der Waals surface area contributed by atoms with Crippen molar-refractivity contribution in [3.05, 3.63) is 36.2 Å². The van der Waals surface area contributed by atoms with Crippen molar-refractivity contribution < 1.29 is 4.79 Å². The van der Waals surface area contributed by atoms with E-state index in [0.717, 1.165) is 28.3 Å². The minimum absolute atomic E-state index is 0.0308. The fourth-order valence-corrected chi connectivity index (χ4v) is 2.38. The Morgan fingerprint density at radius 2 is 2.00 bits per heavy atom. The van der Waals surface area contributed by atoms with Crippen molar-refractivity contribution in [1.29, 1.82) is 0 Å². The monoisotopic (exact) mass is 268 g/mol. The second-order valence-electron chi connectivity index (χ2n) is 5.38. The third-order valence-corrected chi connectivity index (χ3v) is 3.73. The summed E-state index contributed by atoms with van der Waals surface area (Å²) in [6.45, 7) is 3.86. The normalized spacial score (nSPS) is 15.7. The van der Waals surface area contributed by atoms with Crippen molar-refractivity contribution in [2.45, 2.75) is 19.3 Å². The summed E-state index contributed by atoms with van der Waals surface area (Å²) in [4.78, 5) is 20.4. The average Bonchev–Trinajstić information content (AvgIpc) is 2.69. The van der Waals surface area contributed by atoms with Crippen LogP contribution in [0.4, 0.5) is 11.5 Å². The maximum Gasteiger partial charge on any atom is 0.234 e. The van der Waals surface area contributed by atoms with E-state index in [2.05, 4.69) is 20.6 Å². The van der Waals surface area contributed by atoms with E-state index in [1.54, 1.807) is 0 Å². The number of hydrogen-bond donors (Lipinski definition) is 2. The molecule has 0 saturated heterocycles. The predicted molar refractivity (Wildman–Crippen MR) is 78.7 cm³/mol. The first kappa shape index (κ1) is 12.6. The Morgan fingerprint density at radius 3 is 2.75 bits per heavy atom. The number of hydrogen-bond acceptors (Lipinski definition) is 4. The zero-order chi connectivity index (χ0) is 14.3. The van der Waals surface area contributed by atoms with E-state index in [4.69, 9.17) is 0 Å². The molecule has 1 aliphatic heterocycles. The summed E-state index contributed by atoms with van der Waals surface area (Å²) < 4.78 is 0. The zero-order valence-electron chi connectivity index (χ0n) is 11.7. The molecule has 0 unspecified atom stereocenters. The van der Waals surface area contributed by atoms with Crippen LogP contribution >= 0.6 is 0 Å². The summed E-state index contributed by atoms with van der Waals surface area (Å²) in [5.74, 6) is 0.798. The summed E-state index contributed by atoms with van der Waals surface area (Å²) in [5.41, 5.74) is 3.19. The molecule has 1 aromatic heterocycles. The van der Waals surface area contributed by atoms with Gasteiger partial charge in [0.2, 0.25) is 5.91 Å². The number of carbonyl (C=O) groups excluding carboxylic acids is 1. The van der Waals surface area contributed by atoms with Crippen LogP contribution in [-0.4, -0.2) is 22.9 Å². The molecule has 0 saturated carbocycles. The SMILES string of the molecule is CNc1cc(-c2ccc3c(c2)C(C)(C)C(=O)N3)ncn1. The van der Waals surface area contributed by atoms with Crippen LogP contribution in [-0.2, 0) is 10.2 Å². The highest BCUT2D eigenvalue weighted by molar-refractivity contribution is 6.06. The second kappa shape index (κ2) is 4.30. The molecule has 2 heterocycles. The van der Waals surface area contributed by atoms with Gasteiger partial charge in [-0.05, 0) is 31.5 Å². The van der Waals surface area contributed by atoms with E-state index in [-0.39, 0.29) is 5.91 Å². The number of anilines is 2. The maximum absolute atomic E-state index is 12.0. The third kappa shape index (κ3) is 1.82. The molecule has 5 nitrogen and oxygen atoms in total. The minimum atomic E-state index is -0.510. The van der Waals surface area contributed by atoms with Gasteiger partial charge < -0.3 is 10.6 Å². The Kier molecular flexibility index (Phi) is 2.71. The highest BCUT2D eigenvalue weighted by Gasteiger charge is 2.38. The summed E-state index contributed by atoms with van der Waals surface area (Å²) >= 11 is 0. The van der Waals surface area contributed by atoms with E-state index in [1.165, 1.54) is 6.33 Å². The lowest BCUT2D eigenvalue weighted by Crippen LogP contribution is -2.26. The lowest BCUT2D eigenvalue weighted by Gasteiger charge is -2.15. The highest BCUT2D eigenvalue weighted by atomic mass is 16.2. The Hall–Kier alpha value is -2.43. The molecule has 2 aromatic rings. The standard InChI is InChI=1S/C15H16N4O/c1-15(2)10-6-9(4-5-11(10)19-14(15)20)12-7-13(16-3)18-8-17-12/h4-8H,1-3H3,(H,19,20)(H,16,17,18). The number of aromatic nitrogens is 2. The van der Waals surface area contributed by atoms with Crippen LogP contribution in [0.15, 0.2) is 30.6 Å². The van der Waals surface area contributed by atoms with Crippen LogP contribution in [0.5, 0.6) is 0 Å². The molecule has 1 aromatic carbocycles. The Morgan fingerprint density at radius 1 is 1.20 bits per heavy atom. The number of nitrogens with one attached hydrogen (secondary N) is 2. The van der Waals surface area contributed by atoms with Crippen molar-refractivity contribution in [2.24, 2.45) is 0 Å². The first-order chi connectivity index (χ1) is 9.52. The molecule has 1 amide bonds. The topological polar surface area (TPSA) is 66.9 Å². The molecular formula is C15H16N4O. The van der Waals surface area contributed by atoms with Gasteiger partial charge in [-0.1, -0.05) is 6.07 Å². The fraction of sp³-hybridized carbons (Fsp3) is 0.267. The summed E-state index contributed by atoms with van der Waals surface area (Å²) in [6, 6.07) is 7.80. The van der Waals surface area contributed by atoms with Gasteiger partial charge in [-0.3, -0.25) is 4.79 Å². The summed E-state index contributed by atoms with van der Waals surface area (Å²) in [5, 5.41) is 5.90. The van der Waals surface area contributed by atoms with Crippen LogP contribution in [0.3, 0.4) is 0 Å². The van der Waals surface area contributed by atoms with Crippen molar-refractivity contribution in [1.82, 2.24) is 9.97 Å². The van der Waals surface area contributed by atoms with Gasteiger partial charge in [0, 0.05) is 24.4 Å². The minimum Gasteiger partial charge on any atom is -0.373 e. The van der Waals surface area contributed by atoms with Crippen LogP contribution in [0, 0.1) is 0 Å². The molecule has 0 radical (unpaired) electrons. The van der Waals surface area contributed by atoms with E-state index >= 15 is 0 Å². The summed E-state index contributed by atoms with van der Waals surface area (Å²) in [6.07, 6.45) is 1.53. The van der Waals surface area contributed by atoms with Gasteiger partial charge in [0.05, 0.1) is 11.1 Å². The molecule has 0 aliphatic carbocycles. The van der Waals surface area contributed by atoms with Crippen LogP contribution in [0.25, 0.3) is 11.3 Å². The summed E-state index contributed by atoms with van der Waals surface area (Å²) in [7, 11) is 1.82. The van der Waals surface area contributed by atoms with Crippen LogP contribution in [0.2, 0.25) is 0 Å². The van der Waals surface area contributed by atoms with Crippen molar-refractivity contribution in [3.8, 4) is 11.3 Å². The predicted octanol–water partition coefficient (Wildman–Crippen LogP) is 2.41. The van der Waals surface area contributed by atoms with Crippen LogP contribution < -0.4 is 10.6 Å². The number of amides is 1. The largest absolute Gasteiger partial charge is 0.373 e.